The molecule has 2 heteroatoms. The van der Waals surface area contributed by atoms with Crippen LogP contribution in [0.5, 0.6) is 0 Å². The number of benzene rings is 2. The summed E-state index contributed by atoms with van der Waals surface area (Å²) in [5.41, 5.74) is 12.5. The van der Waals surface area contributed by atoms with Gasteiger partial charge in [0.15, 0.2) is 0 Å². The molecule has 2 rings (SSSR count). The molecule has 94 valence electrons. The monoisotopic (exact) mass is 303 g/mol. The minimum atomic E-state index is -0.0672. The zero-order chi connectivity index (χ0) is 13.3. The van der Waals surface area contributed by atoms with Gasteiger partial charge in [0.25, 0.3) is 0 Å². The van der Waals surface area contributed by atoms with Crippen LogP contribution < -0.4 is 5.73 Å². The summed E-state index contributed by atoms with van der Waals surface area (Å²) in [6.07, 6.45) is 0. The van der Waals surface area contributed by atoms with Crippen molar-refractivity contribution in [2.75, 3.05) is 0 Å². The van der Waals surface area contributed by atoms with Crippen LogP contribution in [0.1, 0.15) is 33.9 Å². The van der Waals surface area contributed by atoms with Crippen molar-refractivity contribution in [1.29, 1.82) is 0 Å². The molecular weight excluding hydrogens is 286 g/mol. The summed E-state index contributed by atoms with van der Waals surface area (Å²) in [7, 11) is 0. The zero-order valence-corrected chi connectivity index (χ0v) is 12.6. The van der Waals surface area contributed by atoms with Crippen molar-refractivity contribution in [1.82, 2.24) is 0 Å². The summed E-state index contributed by atoms with van der Waals surface area (Å²) < 4.78 is 1.07. The second-order valence-electron chi connectivity index (χ2n) is 4.84. The van der Waals surface area contributed by atoms with Crippen LogP contribution in [0.15, 0.2) is 40.9 Å². The Labute approximate surface area is 117 Å². The van der Waals surface area contributed by atoms with Gasteiger partial charge >= 0.3 is 0 Å². The van der Waals surface area contributed by atoms with Crippen molar-refractivity contribution < 1.29 is 0 Å². The van der Waals surface area contributed by atoms with E-state index in [0.29, 0.717) is 0 Å². The average Bonchev–Trinajstić information content (AvgIpc) is 2.34. The van der Waals surface area contributed by atoms with E-state index in [1.807, 2.05) is 0 Å². The smallest absolute Gasteiger partial charge is 0.0557 e. The molecule has 2 aromatic carbocycles. The molecule has 18 heavy (non-hydrogen) atoms. The molecule has 0 saturated heterocycles. The quantitative estimate of drug-likeness (QED) is 0.873. The van der Waals surface area contributed by atoms with E-state index < -0.39 is 0 Å². The van der Waals surface area contributed by atoms with Crippen molar-refractivity contribution in [2.45, 2.75) is 26.8 Å². The first kappa shape index (κ1) is 13.3. The van der Waals surface area contributed by atoms with Crippen molar-refractivity contribution >= 4 is 15.9 Å². The summed E-state index contributed by atoms with van der Waals surface area (Å²) in [6, 6.07) is 12.6. The van der Waals surface area contributed by atoms with Crippen LogP contribution in [-0.2, 0) is 0 Å². The molecule has 0 aromatic heterocycles. The Kier molecular flexibility index (Phi) is 3.88. The third kappa shape index (κ3) is 2.65. The molecule has 0 bridgehead atoms. The maximum atomic E-state index is 6.43. The fraction of sp³-hybridized carbons (Fsp3) is 0.250. The number of hydrogen-bond donors (Lipinski definition) is 1. The molecule has 0 fully saturated rings. The first-order valence-electron chi connectivity index (χ1n) is 6.08. The lowest BCUT2D eigenvalue weighted by molar-refractivity contribution is 0.849. The van der Waals surface area contributed by atoms with Gasteiger partial charge in [0.1, 0.15) is 0 Å². The van der Waals surface area contributed by atoms with Gasteiger partial charge in [0, 0.05) is 4.47 Å². The highest BCUT2D eigenvalue weighted by Gasteiger charge is 2.14. The first-order chi connectivity index (χ1) is 8.49. The summed E-state index contributed by atoms with van der Waals surface area (Å²) in [5.74, 6) is 0. The largest absolute Gasteiger partial charge is 0.320 e. The van der Waals surface area contributed by atoms with Gasteiger partial charge in [-0.1, -0.05) is 45.8 Å². The Balaban J connectivity index is 2.50. The summed E-state index contributed by atoms with van der Waals surface area (Å²) in [6.45, 7) is 6.32. The van der Waals surface area contributed by atoms with Crippen molar-refractivity contribution in [3.8, 4) is 0 Å². The van der Waals surface area contributed by atoms with Crippen LogP contribution in [0.4, 0.5) is 0 Å². The second-order valence-corrected chi connectivity index (χ2v) is 5.75. The molecule has 0 aliphatic heterocycles. The van der Waals surface area contributed by atoms with E-state index in [2.05, 4.69) is 73.1 Å². The third-order valence-corrected chi connectivity index (χ3v) is 3.84. The van der Waals surface area contributed by atoms with Crippen LogP contribution in [0.2, 0.25) is 0 Å². The van der Waals surface area contributed by atoms with Gasteiger partial charge in [0.2, 0.25) is 0 Å². The Hall–Kier alpha value is -1.12. The first-order valence-corrected chi connectivity index (χ1v) is 6.87. The van der Waals surface area contributed by atoms with Crippen LogP contribution in [-0.4, -0.2) is 0 Å². The maximum absolute atomic E-state index is 6.43. The van der Waals surface area contributed by atoms with E-state index in [-0.39, 0.29) is 6.04 Å². The predicted octanol–water partition coefficient (Wildman–Crippen LogP) is 4.42. The van der Waals surface area contributed by atoms with Crippen molar-refractivity contribution in [2.24, 2.45) is 5.73 Å². The molecule has 0 heterocycles. The predicted molar refractivity (Wildman–Crippen MR) is 80.8 cm³/mol. The summed E-state index contributed by atoms with van der Waals surface area (Å²) in [4.78, 5) is 0. The Morgan fingerprint density at radius 2 is 1.44 bits per heavy atom. The molecule has 0 aliphatic carbocycles. The van der Waals surface area contributed by atoms with Crippen molar-refractivity contribution in [3.63, 3.8) is 0 Å². The molecule has 0 amide bonds. The van der Waals surface area contributed by atoms with Crippen LogP contribution >= 0.6 is 15.9 Å². The molecule has 0 saturated carbocycles. The van der Waals surface area contributed by atoms with E-state index in [1.54, 1.807) is 0 Å². The van der Waals surface area contributed by atoms with Gasteiger partial charge in [-0.05, 0) is 55.2 Å². The van der Waals surface area contributed by atoms with E-state index in [4.69, 9.17) is 5.73 Å². The molecule has 0 radical (unpaired) electrons. The average molecular weight is 304 g/mol. The maximum Gasteiger partial charge on any atom is 0.0557 e. The van der Waals surface area contributed by atoms with Crippen LogP contribution in [0, 0.1) is 20.8 Å². The summed E-state index contributed by atoms with van der Waals surface area (Å²) in [5, 5.41) is 0. The third-order valence-electron chi connectivity index (χ3n) is 3.35. The highest BCUT2D eigenvalue weighted by molar-refractivity contribution is 9.10. The van der Waals surface area contributed by atoms with E-state index in [9.17, 15) is 0 Å². The molecular formula is C16H18BrN. The number of nitrogens with two attached hydrogens (primary N) is 1. The van der Waals surface area contributed by atoms with Gasteiger partial charge < -0.3 is 5.73 Å². The normalized spacial score (nSPS) is 12.5. The zero-order valence-electron chi connectivity index (χ0n) is 11.0. The Morgan fingerprint density at radius 3 is 2.11 bits per heavy atom. The fourth-order valence-electron chi connectivity index (χ4n) is 2.21. The molecule has 1 atom stereocenters. The van der Waals surface area contributed by atoms with Gasteiger partial charge in [0.05, 0.1) is 6.04 Å². The molecule has 2 N–H and O–H groups in total. The van der Waals surface area contributed by atoms with E-state index >= 15 is 0 Å². The molecule has 2 aromatic rings. The van der Waals surface area contributed by atoms with Gasteiger partial charge in [-0.3, -0.25) is 0 Å². The lowest BCUT2D eigenvalue weighted by Gasteiger charge is -2.18. The Morgan fingerprint density at radius 1 is 0.889 bits per heavy atom. The van der Waals surface area contributed by atoms with Gasteiger partial charge in [-0.15, -0.1) is 0 Å². The van der Waals surface area contributed by atoms with E-state index in [1.165, 1.54) is 27.8 Å². The fourth-order valence-corrected chi connectivity index (χ4v) is 2.59. The SMILES string of the molecule is Cc1ccc(C)c(C(N)c2cc(Br)ccc2C)c1. The van der Waals surface area contributed by atoms with Gasteiger partial charge in [-0.25, -0.2) is 0 Å². The Bertz CT molecular complexity index is 524. The number of aryl methyl sites for hydroxylation is 3. The number of halogens is 1. The molecule has 1 nitrogen and oxygen atoms in total. The number of rotatable bonds is 2. The second kappa shape index (κ2) is 5.25. The minimum absolute atomic E-state index is 0.0672. The molecule has 1 unspecified atom stereocenters. The highest BCUT2D eigenvalue weighted by atomic mass is 79.9. The summed E-state index contributed by atoms with van der Waals surface area (Å²) >= 11 is 3.51. The van der Waals surface area contributed by atoms with Crippen LogP contribution in [0.3, 0.4) is 0 Å². The molecule has 0 spiro atoms. The lowest BCUT2D eigenvalue weighted by atomic mass is 9.92. The topological polar surface area (TPSA) is 26.0 Å². The molecule has 0 aliphatic rings. The highest BCUT2D eigenvalue weighted by Crippen LogP contribution is 2.28. The van der Waals surface area contributed by atoms with E-state index in [0.717, 1.165) is 4.47 Å². The van der Waals surface area contributed by atoms with Crippen molar-refractivity contribution in [3.05, 3.63) is 68.7 Å². The standard InChI is InChI=1S/C16H18BrN/c1-10-4-5-11(2)14(8-10)16(18)15-9-13(17)7-6-12(15)3/h4-9,16H,18H2,1-3H3. The number of hydrogen-bond acceptors (Lipinski definition) is 1. The lowest BCUT2D eigenvalue weighted by Crippen LogP contribution is -2.14. The minimum Gasteiger partial charge on any atom is -0.320 e. The van der Waals surface area contributed by atoms with Crippen LogP contribution in [0.25, 0.3) is 0 Å². The van der Waals surface area contributed by atoms with Gasteiger partial charge in [-0.2, -0.15) is 0 Å².